The molecule has 0 fully saturated rings. The van der Waals surface area contributed by atoms with E-state index in [1.165, 1.54) is 11.1 Å². The number of nitrogens with two attached hydrogens (primary N) is 1. The highest BCUT2D eigenvalue weighted by Gasteiger charge is 2.17. The first-order chi connectivity index (χ1) is 6.66. The number of anilines is 1. The molecule has 0 spiro atoms. The molecule has 0 amide bonds. The third-order valence-corrected chi connectivity index (χ3v) is 3.05. The summed E-state index contributed by atoms with van der Waals surface area (Å²) in [6.07, 6.45) is 1.15. The monoisotopic (exact) mass is 190 g/mol. The van der Waals surface area contributed by atoms with Crippen molar-refractivity contribution in [1.82, 2.24) is 4.90 Å². The number of fused-ring (bicyclic) bond motifs is 1. The number of hydrogen-bond acceptors (Lipinski definition) is 2. The van der Waals surface area contributed by atoms with E-state index in [1.54, 1.807) is 0 Å². The van der Waals surface area contributed by atoms with Crippen LogP contribution in [0.1, 0.15) is 24.0 Å². The van der Waals surface area contributed by atoms with E-state index in [0.29, 0.717) is 5.92 Å². The molecule has 1 heterocycles. The van der Waals surface area contributed by atoms with Gasteiger partial charge in [0.1, 0.15) is 0 Å². The van der Waals surface area contributed by atoms with Gasteiger partial charge in [-0.1, -0.05) is 13.0 Å². The molecule has 14 heavy (non-hydrogen) atoms. The average molecular weight is 190 g/mol. The van der Waals surface area contributed by atoms with Crippen LogP contribution in [-0.4, -0.2) is 25.0 Å². The molecule has 76 valence electrons. The van der Waals surface area contributed by atoms with E-state index in [0.717, 1.165) is 25.2 Å². The molecular weight excluding hydrogens is 172 g/mol. The first-order valence-corrected chi connectivity index (χ1v) is 5.23. The highest BCUT2D eigenvalue weighted by atomic mass is 15.1. The van der Waals surface area contributed by atoms with Gasteiger partial charge in [0.2, 0.25) is 0 Å². The van der Waals surface area contributed by atoms with Crippen molar-refractivity contribution < 1.29 is 0 Å². The Labute approximate surface area is 85.7 Å². The van der Waals surface area contributed by atoms with Gasteiger partial charge in [-0.3, -0.25) is 0 Å². The molecular formula is C12H18N2. The molecule has 2 rings (SSSR count). The lowest BCUT2D eigenvalue weighted by Crippen LogP contribution is -2.22. The van der Waals surface area contributed by atoms with Crippen molar-refractivity contribution in [3.8, 4) is 0 Å². The van der Waals surface area contributed by atoms with E-state index in [2.05, 4.69) is 31.0 Å². The topological polar surface area (TPSA) is 29.3 Å². The first kappa shape index (κ1) is 9.53. The highest BCUT2D eigenvalue weighted by molar-refractivity contribution is 5.46. The van der Waals surface area contributed by atoms with Crippen LogP contribution in [0.15, 0.2) is 18.2 Å². The van der Waals surface area contributed by atoms with Gasteiger partial charge >= 0.3 is 0 Å². The van der Waals surface area contributed by atoms with Gasteiger partial charge in [-0.15, -0.1) is 0 Å². The molecule has 1 aliphatic heterocycles. The number of rotatable bonds is 0. The maximum atomic E-state index is 5.82. The summed E-state index contributed by atoms with van der Waals surface area (Å²) in [6.45, 7) is 4.57. The predicted octanol–water partition coefficient (Wildman–Crippen LogP) is 1.86. The van der Waals surface area contributed by atoms with Crippen LogP contribution in [0.3, 0.4) is 0 Å². The van der Waals surface area contributed by atoms with Crippen LogP contribution in [0.4, 0.5) is 5.69 Å². The molecule has 1 aromatic carbocycles. The summed E-state index contributed by atoms with van der Waals surface area (Å²) >= 11 is 0. The minimum atomic E-state index is 0.598. The molecule has 2 heteroatoms. The fourth-order valence-corrected chi connectivity index (χ4v) is 2.27. The predicted molar refractivity (Wildman–Crippen MR) is 60.5 cm³/mol. The van der Waals surface area contributed by atoms with E-state index in [-0.39, 0.29) is 0 Å². The second kappa shape index (κ2) is 3.62. The van der Waals surface area contributed by atoms with Gasteiger partial charge in [0.15, 0.2) is 0 Å². The van der Waals surface area contributed by atoms with Crippen molar-refractivity contribution in [3.63, 3.8) is 0 Å². The SMILES string of the molecule is CC1CN(C)CCc2ccc(N)cc21. The Morgan fingerprint density at radius 3 is 3.00 bits per heavy atom. The van der Waals surface area contributed by atoms with Crippen LogP contribution >= 0.6 is 0 Å². The molecule has 0 aromatic heterocycles. The van der Waals surface area contributed by atoms with Crippen molar-refractivity contribution in [3.05, 3.63) is 29.3 Å². The lowest BCUT2D eigenvalue weighted by Gasteiger charge is -2.17. The van der Waals surface area contributed by atoms with Gasteiger partial charge < -0.3 is 10.6 Å². The largest absolute Gasteiger partial charge is 0.399 e. The zero-order chi connectivity index (χ0) is 10.1. The highest BCUT2D eigenvalue weighted by Crippen LogP contribution is 2.26. The second-order valence-corrected chi connectivity index (χ2v) is 4.37. The number of nitrogen functional groups attached to an aromatic ring is 1. The quantitative estimate of drug-likeness (QED) is 0.633. The molecule has 0 aliphatic carbocycles. The number of hydrogen-bond donors (Lipinski definition) is 1. The lowest BCUT2D eigenvalue weighted by molar-refractivity contribution is 0.332. The third kappa shape index (κ3) is 1.75. The van der Waals surface area contributed by atoms with Gasteiger partial charge in [0, 0.05) is 18.8 Å². The summed E-state index contributed by atoms with van der Waals surface area (Å²) in [4.78, 5) is 2.39. The Morgan fingerprint density at radius 2 is 2.21 bits per heavy atom. The van der Waals surface area contributed by atoms with Crippen LogP contribution in [0.25, 0.3) is 0 Å². The Morgan fingerprint density at radius 1 is 1.43 bits per heavy atom. The minimum absolute atomic E-state index is 0.598. The van der Waals surface area contributed by atoms with Crippen molar-refractivity contribution >= 4 is 5.69 Å². The number of likely N-dealkylation sites (N-methyl/N-ethyl adjacent to an activating group) is 1. The van der Waals surface area contributed by atoms with Gasteiger partial charge in [0.25, 0.3) is 0 Å². The van der Waals surface area contributed by atoms with Gasteiger partial charge in [-0.25, -0.2) is 0 Å². The average Bonchev–Trinajstić information content (AvgIpc) is 2.27. The maximum absolute atomic E-state index is 5.82. The normalized spacial score (nSPS) is 22.9. The standard InChI is InChI=1S/C12H18N2/c1-9-8-14(2)6-5-10-3-4-11(13)7-12(9)10/h3-4,7,9H,5-6,8,13H2,1-2H3. The summed E-state index contributed by atoms with van der Waals surface area (Å²) in [5, 5.41) is 0. The zero-order valence-corrected chi connectivity index (χ0v) is 8.96. The van der Waals surface area contributed by atoms with Crippen LogP contribution in [0, 0.1) is 0 Å². The van der Waals surface area contributed by atoms with Gasteiger partial charge in [-0.05, 0) is 42.6 Å². The van der Waals surface area contributed by atoms with Crippen LogP contribution in [0.5, 0.6) is 0 Å². The Hall–Kier alpha value is -1.02. The number of nitrogens with zero attached hydrogens (tertiary/aromatic N) is 1. The van der Waals surface area contributed by atoms with E-state index >= 15 is 0 Å². The molecule has 1 atom stereocenters. The lowest BCUT2D eigenvalue weighted by atomic mass is 9.95. The van der Waals surface area contributed by atoms with Crippen molar-refractivity contribution in [2.24, 2.45) is 0 Å². The van der Waals surface area contributed by atoms with E-state index in [9.17, 15) is 0 Å². The Bertz CT molecular complexity index is 333. The van der Waals surface area contributed by atoms with Crippen molar-refractivity contribution in [2.45, 2.75) is 19.3 Å². The van der Waals surface area contributed by atoms with Crippen LogP contribution in [0.2, 0.25) is 0 Å². The van der Waals surface area contributed by atoms with E-state index < -0.39 is 0 Å². The van der Waals surface area contributed by atoms with Crippen LogP contribution in [-0.2, 0) is 6.42 Å². The van der Waals surface area contributed by atoms with Crippen LogP contribution < -0.4 is 5.73 Å². The molecule has 2 nitrogen and oxygen atoms in total. The summed E-state index contributed by atoms with van der Waals surface area (Å²) in [7, 11) is 2.19. The Kier molecular flexibility index (Phi) is 2.46. The fraction of sp³-hybridized carbons (Fsp3) is 0.500. The first-order valence-electron chi connectivity index (χ1n) is 5.23. The number of benzene rings is 1. The van der Waals surface area contributed by atoms with Gasteiger partial charge in [-0.2, -0.15) is 0 Å². The molecule has 2 N–H and O–H groups in total. The Balaban J connectivity index is 2.39. The molecule has 0 radical (unpaired) electrons. The molecule has 0 saturated carbocycles. The van der Waals surface area contributed by atoms with Crippen molar-refractivity contribution in [2.75, 3.05) is 25.9 Å². The summed E-state index contributed by atoms with van der Waals surface area (Å²) in [5.74, 6) is 0.598. The van der Waals surface area contributed by atoms with E-state index in [1.807, 2.05) is 6.07 Å². The maximum Gasteiger partial charge on any atom is 0.0317 e. The molecule has 1 aromatic rings. The fourth-order valence-electron chi connectivity index (χ4n) is 2.27. The van der Waals surface area contributed by atoms with E-state index in [4.69, 9.17) is 5.73 Å². The van der Waals surface area contributed by atoms with Crippen molar-refractivity contribution in [1.29, 1.82) is 0 Å². The molecule has 1 unspecified atom stereocenters. The van der Waals surface area contributed by atoms with Gasteiger partial charge in [0.05, 0.1) is 0 Å². The zero-order valence-electron chi connectivity index (χ0n) is 8.96. The summed E-state index contributed by atoms with van der Waals surface area (Å²) in [6, 6.07) is 6.33. The molecule has 1 aliphatic rings. The minimum Gasteiger partial charge on any atom is -0.399 e. The summed E-state index contributed by atoms with van der Waals surface area (Å²) < 4.78 is 0. The smallest absolute Gasteiger partial charge is 0.0317 e. The molecule has 0 saturated heterocycles. The summed E-state index contributed by atoms with van der Waals surface area (Å²) in [5.41, 5.74) is 9.61. The second-order valence-electron chi connectivity index (χ2n) is 4.37. The third-order valence-electron chi connectivity index (χ3n) is 3.05. The molecule has 0 bridgehead atoms.